The van der Waals surface area contributed by atoms with Crippen molar-refractivity contribution in [2.24, 2.45) is 23.2 Å². The van der Waals surface area contributed by atoms with Crippen molar-refractivity contribution in [2.45, 2.75) is 99.2 Å². The molecule has 0 aliphatic heterocycles. The Morgan fingerprint density at radius 1 is 0.929 bits per heavy atom. The van der Waals surface area contributed by atoms with Crippen LogP contribution >= 0.6 is 0 Å². The molecule has 1 nitrogen and oxygen atoms in total. The third-order valence-corrected chi connectivity index (χ3v) is 6.82. The summed E-state index contributed by atoms with van der Waals surface area (Å²) in [5.41, 5.74) is 1.33. The molecular formula is C27H44O. The summed E-state index contributed by atoms with van der Waals surface area (Å²) in [5.74, 6) is 4.54. The average molecular weight is 385 g/mol. The zero-order chi connectivity index (χ0) is 21.2. The van der Waals surface area contributed by atoms with Gasteiger partial charge >= 0.3 is 0 Å². The Hall–Kier alpha value is -1.26. The number of hydrogen-bond donors (Lipinski definition) is 0. The van der Waals surface area contributed by atoms with Crippen LogP contribution in [0.3, 0.4) is 0 Å². The van der Waals surface area contributed by atoms with Gasteiger partial charge in [-0.3, -0.25) is 0 Å². The normalized spacial score (nSPS) is 16.4. The Labute approximate surface area is 175 Å². The highest BCUT2D eigenvalue weighted by Gasteiger charge is 2.32. The molecule has 1 rings (SSSR count). The topological polar surface area (TPSA) is 9.23 Å². The molecular weight excluding hydrogens is 340 g/mol. The molecule has 0 aliphatic carbocycles. The molecule has 1 heteroatoms. The molecule has 0 spiro atoms. The molecule has 0 saturated heterocycles. The molecule has 0 N–H and O–H groups in total. The van der Waals surface area contributed by atoms with Crippen molar-refractivity contribution in [1.82, 2.24) is 0 Å². The zero-order valence-electron chi connectivity index (χ0n) is 19.6. The van der Waals surface area contributed by atoms with Crippen molar-refractivity contribution in [3.05, 3.63) is 35.9 Å². The molecule has 0 heterocycles. The van der Waals surface area contributed by atoms with Crippen LogP contribution in [-0.4, -0.2) is 5.60 Å². The van der Waals surface area contributed by atoms with Crippen molar-refractivity contribution in [1.29, 1.82) is 0 Å². The minimum atomic E-state index is -0.272. The van der Waals surface area contributed by atoms with Gasteiger partial charge in [0.2, 0.25) is 0 Å². The van der Waals surface area contributed by atoms with Gasteiger partial charge < -0.3 is 4.74 Å². The van der Waals surface area contributed by atoms with Gasteiger partial charge in [-0.2, -0.15) is 0 Å². The lowest BCUT2D eigenvalue weighted by atomic mass is 9.73. The minimum absolute atomic E-state index is 0.102. The molecule has 158 valence electrons. The summed E-state index contributed by atoms with van der Waals surface area (Å²) < 4.78 is 6.38. The molecule has 3 atom stereocenters. The monoisotopic (exact) mass is 384 g/mol. The second kappa shape index (κ2) is 11.7. The molecule has 1 aromatic rings. The van der Waals surface area contributed by atoms with Gasteiger partial charge in [0.15, 0.2) is 0 Å². The first-order valence-corrected chi connectivity index (χ1v) is 11.2. The molecule has 1 aromatic carbocycles. The van der Waals surface area contributed by atoms with Crippen LogP contribution in [0.1, 0.15) is 92.6 Å². The van der Waals surface area contributed by atoms with Gasteiger partial charge in [0, 0.05) is 5.92 Å². The van der Waals surface area contributed by atoms with Gasteiger partial charge in [-0.1, -0.05) is 90.6 Å². The predicted octanol–water partition coefficient (Wildman–Crippen LogP) is 7.89. The maximum absolute atomic E-state index is 6.38. The third-order valence-electron chi connectivity index (χ3n) is 6.82. The van der Waals surface area contributed by atoms with Crippen LogP contribution in [0.2, 0.25) is 0 Å². The first kappa shape index (κ1) is 24.8. The molecule has 2 unspecified atom stereocenters. The van der Waals surface area contributed by atoms with Crippen molar-refractivity contribution < 1.29 is 4.74 Å². The highest BCUT2D eigenvalue weighted by atomic mass is 16.5. The van der Waals surface area contributed by atoms with Gasteiger partial charge in [0.25, 0.3) is 0 Å². The molecule has 0 fully saturated rings. The van der Waals surface area contributed by atoms with Crippen LogP contribution in [-0.2, 0) is 11.3 Å². The second-order valence-electron chi connectivity index (χ2n) is 10.0. The maximum Gasteiger partial charge on any atom is 0.0793 e. The molecule has 28 heavy (non-hydrogen) atoms. The standard InChI is InChI=1S/C27H44O/c1-9-23(4)27(8,28-21-25-17-11-10-12-18-25)20-14-16-24(5)26(6,7)19-13-15-22(2)3/h1,10-12,17-18,22-24H,13-16,19-21H2,2-8H3/t23?,24-,27?/m0/s1. The number of ether oxygens (including phenoxy) is 1. The van der Waals surface area contributed by atoms with Crippen LogP contribution in [0.25, 0.3) is 0 Å². The second-order valence-corrected chi connectivity index (χ2v) is 10.0. The van der Waals surface area contributed by atoms with Crippen molar-refractivity contribution in [2.75, 3.05) is 0 Å². The van der Waals surface area contributed by atoms with Crippen LogP contribution in [0.15, 0.2) is 30.3 Å². The van der Waals surface area contributed by atoms with E-state index >= 15 is 0 Å². The number of rotatable bonds is 13. The van der Waals surface area contributed by atoms with E-state index < -0.39 is 0 Å². The van der Waals surface area contributed by atoms with Gasteiger partial charge in [-0.25, -0.2) is 0 Å². The van der Waals surface area contributed by atoms with E-state index in [4.69, 9.17) is 11.2 Å². The van der Waals surface area contributed by atoms with Crippen LogP contribution in [0.5, 0.6) is 0 Å². The highest BCUT2D eigenvalue weighted by Crippen LogP contribution is 2.37. The molecule has 0 aromatic heterocycles. The Kier molecular flexibility index (Phi) is 10.3. The summed E-state index contributed by atoms with van der Waals surface area (Å²) in [5, 5.41) is 0. The Morgan fingerprint density at radius 3 is 2.11 bits per heavy atom. The van der Waals surface area contributed by atoms with Gasteiger partial charge in [-0.05, 0) is 49.5 Å². The Balaban J connectivity index is 2.56. The molecule has 0 amide bonds. The molecule has 0 saturated carbocycles. The fourth-order valence-corrected chi connectivity index (χ4v) is 3.77. The average Bonchev–Trinajstić information content (AvgIpc) is 2.66. The predicted molar refractivity (Wildman–Crippen MR) is 123 cm³/mol. The summed E-state index contributed by atoms with van der Waals surface area (Å²) >= 11 is 0. The fraction of sp³-hybridized carbons (Fsp3) is 0.704. The SMILES string of the molecule is C#CC(C)C(C)(CCC[C@H](C)C(C)(C)CCCC(C)C)OCc1ccccc1. The van der Waals surface area contributed by atoms with E-state index in [0.717, 1.165) is 18.8 Å². The summed E-state index contributed by atoms with van der Waals surface area (Å²) in [6, 6.07) is 10.4. The summed E-state index contributed by atoms with van der Waals surface area (Å²) in [6.45, 7) is 16.9. The number of benzene rings is 1. The number of terminal acetylenes is 1. The van der Waals surface area contributed by atoms with E-state index in [-0.39, 0.29) is 11.5 Å². The summed E-state index contributed by atoms with van der Waals surface area (Å²) in [7, 11) is 0. The smallest absolute Gasteiger partial charge is 0.0793 e. The molecule has 0 aliphatic rings. The Morgan fingerprint density at radius 2 is 1.54 bits per heavy atom. The summed E-state index contributed by atoms with van der Waals surface area (Å²) in [6.07, 6.45) is 13.2. The van der Waals surface area contributed by atoms with Crippen LogP contribution < -0.4 is 0 Å². The van der Waals surface area contributed by atoms with E-state index in [2.05, 4.69) is 78.7 Å². The van der Waals surface area contributed by atoms with E-state index in [1.54, 1.807) is 0 Å². The maximum atomic E-state index is 6.38. The summed E-state index contributed by atoms with van der Waals surface area (Å²) in [4.78, 5) is 0. The van der Waals surface area contributed by atoms with Crippen LogP contribution in [0, 0.1) is 35.5 Å². The highest BCUT2D eigenvalue weighted by molar-refractivity contribution is 5.14. The third kappa shape index (κ3) is 8.40. The lowest BCUT2D eigenvalue weighted by Crippen LogP contribution is -2.36. The van der Waals surface area contributed by atoms with Gasteiger partial charge in [0.1, 0.15) is 0 Å². The number of hydrogen-bond acceptors (Lipinski definition) is 1. The van der Waals surface area contributed by atoms with Gasteiger partial charge in [-0.15, -0.1) is 12.3 Å². The van der Waals surface area contributed by atoms with E-state index in [9.17, 15) is 0 Å². The first-order valence-electron chi connectivity index (χ1n) is 11.2. The van der Waals surface area contributed by atoms with E-state index in [0.29, 0.717) is 17.9 Å². The molecule has 0 bridgehead atoms. The lowest BCUT2D eigenvalue weighted by molar-refractivity contribution is -0.0731. The minimum Gasteiger partial charge on any atom is -0.369 e. The largest absolute Gasteiger partial charge is 0.369 e. The molecule has 0 radical (unpaired) electrons. The van der Waals surface area contributed by atoms with Crippen molar-refractivity contribution in [3.63, 3.8) is 0 Å². The first-order chi connectivity index (χ1) is 13.1. The van der Waals surface area contributed by atoms with E-state index in [1.165, 1.54) is 31.2 Å². The quantitative estimate of drug-likeness (QED) is 0.314. The lowest BCUT2D eigenvalue weighted by Gasteiger charge is -2.36. The van der Waals surface area contributed by atoms with Crippen molar-refractivity contribution in [3.8, 4) is 12.3 Å². The van der Waals surface area contributed by atoms with E-state index in [1.807, 2.05) is 6.07 Å². The Bertz CT molecular complexity index is 580. The zero-order valence-corrected chi connectivity index (χ0v) is 19.6. The fourth-order valence-electron chi connectivity index (χ4n) is 3.77. The van der Waals surface area contributed by atoms with Gasteiger partial charge in [0.05, 0.1) is 12.2 Å². The van der Waals surface area contributed by atoms with Crippen molar-refractivity contribution >= 4 is 0 Å². The van der Waals surface area contributed by atoms with Crippen LogP contribution in [0.4, 0.5) is 0 Å².